The summed E-state index contributed by atoms with van der Waals surface area (Å²) in [5.41, 5.74) is 2.86. The summed E-state index contributed by atoms with van der Waals surface area (Å²) >= 11 is 0. The number of halogens is 1. The van der Waals surface area contributed by atoms with Crippen molar-refractivity contribution >= 4 is 5.91 Å². The van der Waals surface area contributed by atoms with Crippen molar-refractivity contribution in [3.8, 4) is 17.1 Å². The van der Waals surface area contributed by atoms with Crippen LogP contribution in [-0.2, 0) is 11.2 Å². The number of nitrogens with zero attached hydrogens (tertiary/aromatic N) is 3. The van der Waals surface area contributed by atoms with Gasteiger partial charge < -0.3 is 10.1 Å². The highest BCUT2D eigenvalue weighted by Gasteiger charge is 2.34. The molecule has 1 aromatic carbocycles. The number of hydrogen-bond donors (Lipinski definition) is 1. The molecule has 0 fully saturated rings. The number of fused-ring (bicyclic) bond motifs is 1. The van der Waals surface area contributed by atoms with E-state index in [2.05, 4.69) is 29.1 Å². The van der Waals surface area contributed by atoms with Gasteiger partial charge in [-0.2, -0.15) is 0 Å². The number of aromatic nitrogens is 3. The molecule has 32 heavy (non-hydrogen) atoms. The Hall–Kier alpha value is -3.35. The second-order valence-corrected chi connectivity index (χ2v) is 8.88. The van der Waals surface area contributed by atoms with Crippen LogP contribution in [0.4, 0.5) is 4.39 Å². The molecule has 1 atom stereocenters. The highest BCUT2D eigenvalue weighted by atomic mass is 19.1. The zero-order valence-corrected chi connectivity index (χ0v) is 18.3. The predicted molar refractivity (Wildman–Crippen MR) is 119 cm³/mol. The summed E-state index contributed by atoms with van der Waals surface area (Å²) in [5.74, 6) is 0.412. The highest BCUT2D eigenvalue weighted by molar-refractivity contribution is 5.76. The zero-order valence-electron chi connectivity index (χ0n) is 18.3. The van der Waals surface area contributed by atoms with Crippen molar-refractivity contribution in [3.05, 3.63) is 72.1 Å². The van der Waals surface area contributed by atoms with Gasteiger partial charge >= 0.3 is 0 Å². The number of para-hydroxylation sites is 1. The van der Waals surface area contributed by atoms with E-state index in [4.69, 9.17) is 9.72 Å². The molecule has 0 unspecified atom stereocenters. The van der Waals surface area contributed by atoms with Gasteiger partial charge in [0.05, 0.1) is 18.3 Å². The molecule has 1 amide bonds. The molecule has 166 valence electrons. The third-order valence-electron chi connectivity index (χ3n) is 5.59. The second kappa shape index (κ2) is 9.42. The van der Waals surface area contributed by atoms with Crippen LogP contribution < -0.4 is 10.1 Å². The van der Waals surface area contributed by atoms with E-state index < -0.39 is 5.82 Å². The van der Waals surface area contributed by atoms with E-state index >= 15 is 0 Å². The van der Waals surface area contributed by atoms with Crippen LogP contribution in [0.25, 0.3) is 11.4 Å². The van der Waals surface area contributed by atoms with Crippen LogP contribution in [-0.4, -0.2) is 27.5 Å². The van der Waals surface area contributed by atoms with Crippen molar-refractivity contribution in [3.63, 3.8) is 0 Å². The largest absolute Gasteiger partial charge is 0.491 e. The average Bonchev–Trinajstić information content (AvgIpc) is 2.77. The van der Waals surface area contributed by atoms with Crippen molar-refractivity contribution in [2.24, 2.45) is 5.41 Å². The number of ether oxygens (including phenoxy) is 1. The Labute approximate surface area is 187 Å². The molecule has 6 nitrogen and oxygen atoms in total. The zero-order chi connectivity index (χ0) is 22.6. The summed E-state index contributed by atoms with van der Waals surface area (Å²) in [6.45, 7) is 4.65. The minimum atomic E-state index is -0.399. The number of carbonyl (C=O) groups excluding carboxylic acids is 1. The van der Waals surface area contributed by atoms with Gasteiger partial charge in [0.25, 0.3) is 0 Å². The first kappa shape index (κ1) is 21.9. The highest BCUT2D eigenvalue weighted by Crippen LogP contribution is 2.40. The molecule has 2 heterocycles. The van der Waals surface area contributed by atoms with Crippen molar-refractivity contribution in [1.29, 1.82) is 0 Å². The molecule has 0 radical (unpaired) electrons. The molecule has 1 N–H and O–H groups in total. The van der Waals surface area contributed by atoms with E-state index in [1.165, 1.54) is 6.07 Å². The molecule has 2 aromatic heterocycles. The quantitative estimate of drug-likeness (QED) is 0.547. The molecule has 0 saturated carbocycles. The van der Waals surface area contributed by atoms with Crippen molar-refractivity contribution < 1.29 is 13.9 Å². The lowest BCUT2D eigenvalue weighted by Gasteiger charge is -2.36. The Bertz CT molecular complexity index is 1090. The Morgan fingerprint density at radius 2 is 2.00 bits per heavy atom. The third kappa shape index (κ3) is 5.28. The number of benzene rings is 1. The van der Waals surface area contributed by atoms with Crippen LogP contribution in [0.2, 0.25) is 0 Å². The topological polar surface area (TPSA) is 77.0 Å². The fraction of sp³-hybridized carbons (Fsp3) is 0.360. The maximum atomic E-state index is 13.6. The molecule has 0 aliphatic heterocycles. The molecule has 4 rings (SSSR count). The Kier molecular flexibility index (Phi) is 6.44. The van der Waals surface area contributed by atoms with E-state index in [0.29, 0.717) is 18.7 Å². The molecule has 0 saturated heterocycles. The van der Waals surface area contributed by atoms with E-state index in [1.54, 1.807) is 30.6 Å². The number of hydrogen-bond acceptors (Lipinski definition) is 5. The maximum Gasteiger partial charge on any atom is 0.220 e. The van der Waals surface area contributed by atoms with Gasteiger partial charge in [0.15, 0.2) is 17.4 Å². The van der Waals surface area contributed by atoms with Gasteiger partial charge in [0.2, 0.25) is 5.91 Å². The third-order valence-corrected chi connectivity index (χ3v) is 5.59. The molecule has 0 spiro atoms. The van der Waals surface area contributed by atoms with Crippen molar-refractivity contribution in [2.45, 2.75) is 45.6 Å². The fourth-order valence-electron chi connectivity index (χ4n) is 4.06. The second-order valence-electron chi connectivity index (χ2n) is 8.88. The van der Waals surface area contributed by atoms with Gasteiger partial charge in [-0.25, -0.2) is 14.4 Å². The summed E-state index contributed by atoms with van der Waals surface area (Å²) in [7, 11) is 0. The summed E-state index contributed by atoms with van der Waals surface area (Å²) in [6, 6.07) is 9.90. The smallest absolute Gasteiger partial charge is 0.220 e. The monoisotopic (exact) mass is 434 g/mol. The van der Waals surface area contributed by atoms with Crippen LogP contribution in [0.3, 0.4) is 0 Å². The molecular formula is C25H27FN4O2. The molecule has 1 aliphatic rings. The van der Waals surface area contributed by atoms with Crippen molar-refractivity contribution in [1.82, 2.24) is 20.3 Å². The molecule has 0 bridgehead atoms. The van der Waals surface area contributed by atoms with E-state index in [9.17, 15) is 9.18 Å². The average molecular weight is 435 g/mol. The van der Waals surface area contributed by atoms with Crippen LogP contribution in [0, 0.1) is 11.2 Å². The van der Waals surface area contributed by atoms with Gasteiger partial charge in [-0.3, -0.25) is 9.78 Å². The molecule has 1 aliphatic carbocycles. The lowest BCUT2D eigenvalue weighted by Crippen LogP contribution is -2.37. The van der Waals surface area contributed by atoms with Crippen molar-refractivity contribution in [2.75, 3.05) is 6.61 Å². The molecular weight excluding hydrogens is 407 g/mol. The van der Waals surface area contributed by atoms with Gasteiger partial charge in [-0.15, -0.1) is 0 Å². The SMILES string of the molecule is CC1(C)Cc2nc(-c3ccncc3)ncc2[C@H](NC(=O)CCCOc2ccccc2F)C1. The van der Waals surface area contributed by atoms with Gasteiger partial charge in [0.1, 0.15) is 0 Å². The Balaban J connectivity index is 1.39. The summed E-state index contributed by atoms with van der Waals surface area (Å²) in [6.07, 6.45) is 7.72. The van der Waals surface area contributed by atoms with E-state index in [-0.39, 0.29) is 29.7 Å². The Morgan fingerprint density at radius 3 is 2.78 bits per heavy atom. The van der Waals surface area contributed by atoms with E-state index in [0.717, 1.165) is 29.7 Å². The summed E-state index contributed by atoms with van der Waals surface area (Å²) in [5, 5.41) is 3.14. The van der Waals surface area contributed by atoms with Gasteiger partial charge in [-0.05, 0) is 48.9 Å². The van der Waals surface area contributed by atoms with Gasteiger partial charge in [-0.1, -0.05) is 26.0 Å². The normalized spacial score (nSPS) is 16.8. The van der Waals surface area contributed by atoms with Crippen LogP contribution in [0.5, 0.6) is 5.75 Å². The predicted octanol–water partition coefficient (Wildman–Crippen LogP) is 4.67. The van der Waals surface area contributed by atoms with Crippen LogP contribution in [0.1, 0.15) is 50.4 Å². The first-order valence-corrected chi connectivity index (χ1v) is 10.8. The number of rotatable bonds is 7. The first-order chi connectivity index (χ1) is 15.4. The standard InChI is InChI=1S/C25H27FN4O2/c1-25(2)14-20(29-23(31)8-5-13-32-22-7-4-3-6-19(22)26)18-16-28-24(30-21(18)15-25)17-9-11-27-12-10-17/h3-4,6-7,9-12,16,20H,5,8,13-15H2,1-2H3,(H,29,31)/t20-/m1/s1. The lowest BCUT2D eigenvalue weighted by molar-refractivity contribution is -0.122. The number of pyridine rings is 1. The van der Waals surface area contributed by atoms with E-state index in [1.807, 2.05) is 18.3 Å². The van der Waals surface area contributed by atoms with Gasteiger partial charge in [0, 0.05) is 36.1 Å². The minimum Gasteiger partial charge on any atom is -0.491 e. The number of carbonyl (C=O) groups is 1. The minimum absolute atomic E-state index is 0.00274. The molecule has 7 heteroatoms. The molecule has 3 aromatic rings. The maximum absolute atomic E-state index is 13.6. The van der Waals surface area contributed by atoms with Crippen LogP contribution >= 0.6 is 0 Å². The first-order valence-electron chi connectivity index (χ1n) is 10.8. The lowest BCUT2D eigenvalue weighted by atomic mass is 9.74. The number of nitrogens with one attached hydrogen (secondary N) is 1. The Morgan fingerprint density at radius 1 is 1.22 bits per heavy atom. The van der Waals surface area contributed by atoms with Crippen LogP contribution in [0.15, 0.2) is 55.0 Å². The fourth-order valence-corrected chi connectivity index (χ4v) is 4.06. The summed E-state index contributed by atoms with van der Waals surface area (Å²) in [4.78, 5) is 26.0. The number of amides is 1. The summed E-state index contributed by atoms with van der Waals surface area (Å²) < 4.78 is 19.1.